The first kappa shape index (κ1) is 9.45. The first-order chi connectivity index (χ1) is 7.16. The van der Waals surface area contributed by atoms with Gasteiger partial charge in [0.1, 0.15) is 6.10 Å². The summed E-state index contributed by atoms with van der Waals surface area (Å²) in [6, 6.07) is 5.95. The van der Waals surface area contributed by atoms with Gasteiger partial charge in [-0.05, 0) is 17.7 Å². The molecule has 1 unspecified atom stereocenters. The number of carbonyl (C=O) groups excluding carboxylic acids is 1. The maximum absolute atomic E-state index is 10.8. The van der Waals surface area contributed by atoms with Crippen molar-refractivity contribution >= 4 is 11.8 Å². The maximum atomic E-state index is 10.8. The van der Waals surface area contributed by atoms with Crippen molar-refractivity contribution in [3.05, 3.63) is 39.9 Å². The Morgan fingerprint density at radius 1 is 1.40 bits per heavy atom. The smallest absolute Gasteiger partial charge is 0.407 e. The Hall–Kier alpha value is -2.11. The van der Waals surface area contributed by atoms with E-state index >= 15 is 0 Å². The van der Waals surface area contributed by atoms with Crippen molar-refractivity contribution in [3.8, 4) is 0 Å². The lowest BCUT2D eigenvalue weighted by Crippen LogP contribution is -2.12. The van der Waals surface area contributed by atoms with Crippen molar-refractivity contribution in [2.45, 2.75) is 6.10 Å². The molecule has 6 nitrogen and oxygen atoms in total. The van der Waals surface area contributed by atoms with Crippen LogP contribution >= 0.6 is 0 Å². The highest BCUT2D eigenvalue weighted by Crippen LogP contribution is 2.22. The molecule has 1 heterocycles. The molecule has 1 aliphatic rings. The Bertz CT molecular complexity index is 401. The Morgan fingerprint density at radius 2 is 2.07 bits per heavy atom. The second-order valence-electron chi connectivity index (χ2n) is 3.12. The van der Waals surface area contributed by atoms with Gasteiger partial charge >= 0.3 is 6.09 Å². The summed E-state index contributed by atoms with van der Waals surface area (Å²) in [4.78, 5) is 20.7. The Labute approximate surface area is 85.0 Å². The minimum Gasteiger partial charge on any atom is -0.439 e. The number of cyclic esters (lactones) is 1. The molecule has 1 aromatic carbocycles. The third kappa shape index (κ3) is 1.88. The van der Waals surface area contributed by atoms with E-state index in [4.69, 9.17) is 4.74 Å². The van der Waals surface area contributed by atoms with E-state index in [0.717, 1.165) is 5.56 Å². The second kappa shape index (κ2) is 3.56. The summed E-state index contributed by atoms with van der Waals surface area (Å²) in [5.41, 5.74) is 0.773. The van der Waals surface area contributed by atoms with E-state index in [2.05, 4.69) is 5.32 Å². The molecule has 0 spiro atoms. The summed E-state index contributed by atoms with van der Waals surface area (Å²) >= 11 is 0. The molecule has 1 atom stereocenters. The van der Waals surface area contributed by atoms with Crippen LogP contribution in [0.3, 0.4) is 0 Å². The van der Waals surface area contributed by atoms with Gasteiger partial charge in [0.15, 0.2) is 0 Å². The number of nitro groups is 1. The predicted molar refractivity (Wildman–Crippen MR) is 50.3 cm³/mol. The quantitative estimate of drug-likeness (QED) is 0.587. The molecule has 1 aliphatic heterocycles. The molecule has 1 amide bonds. The fourth-order valence-corrected chi connectivity index (χ4v) is 1.39. The summed E-state index contributed by atoms with van der Waals surface area (Å²) in [6.07, 6.45) is -0.809. The number of alkyl carbamates (subject to hydrolysis) is 1. The number of nitro benzene ring substituents is 1. The molecular formula is C9H8N2O4. The van der Waals surface area contributed by atoms with Crippen molar-refractivity contribution in [1.29, 1.82) is 0 Å². The number of amides is 1. The lowest BCUT2D eigenvalue weighted by atomic mass is 10.1. The highest BCUT2D eigenvalue weighted by molar-refractivity contribution is 5.69. The molecule has 1 N–H and O–H groups in total. The third-order valence-corrected chi connectivity index (χ3v) is 2.16. The van der Waals surface area contributed by atoms with Gasteiger partial charge in [-0.2, -0.15) is 0 Å². The van der Waals surface area contributed by atoms with Crippen LogP contribution in [-0.4, -0.2) is 17.6 Å². The molecule has 1 aromatic rings. The van der Waals surface area contributed by atoms with Gasteiger partial charge in [-0.25, -0.2) is 4.79 Å². The largest absolute Gasteiger partial charge is 0.439 e. The van der Waals surface area contributed by atoms with Crippen molar-refractivity contribution in [2.75, 3.05) is 6.54 Å². The zero-order chi connectivity index (χ0) is 10.8. The first-order valence-electron chi connectivity index (χ1n) is 4.35. The zero-order valence-electron chi connectivity index (χ0n) is 7.67. The molecule has 1 saturated heterocycles. The molecule has 78 valence electrons. The van der Waals surface area contributed by atoms with E-state index < -0.39 is 11.0 Å². The second-order valence-corrected chi connectivity index (χ2v) is 3.12. The fourth-order valence-electron chi connectivity index (χ4n) is 1.39. The van der Waals surface area contributed by atoms with Gasteiger partial charge in [0, 0.05) is 12.1 Å². The van der Waals surface area contributed by atoms with Crippen LogP contribution in [0.1, 0.15) is 11.7 Å². The molecule has 0 aliphatic carbocycles. The van der Waals surface area contributed by atoms with Gasteiger partial charge in [-0.3, -0.25) is 10.1 Å². The molecule has 2 rings (SSSR count). The predicted octanol–water partition coefficient (Wildman–Crippen LogP) is 1.38. The van der Waals surface area contributed by atoms with Crippen LogP contribution in [0.25, 0.3) is 0 Å². The summed E-state index contributed by atoms with van der Waals surface area (Å²) in [6.45, 7) is 0.399. The van der Waals surface area contributed by atoms with Crippen LogP contribution in [0.4, 0.5) is 10.5 Å². The normalized spacial score (nSPS) is 19.5. The van der Waals surface area contributed by atoms with Crippen LogP contribution in [-0.2, 0) is 4.74 Å². The highest BCUT2D eigenvalue weighted by atomic mass is 16.6. The highest BCUT2D eigenvalue weighted by Gasteiger charge is 2.24. The molecule has 0 aromatic heterocycles. The average molecular weight is 208 g/mol. The lowest BCUT2D eigenvalue weighted by molar-refractivity contribution is -0.384. The third-order valence-electron chi connectivity index (χ3n) is 2.16. The lowest BCUT2D eigenvalue weighted by Gasteiger charge is -2.06. The zero-order valence-corrected chi connectivity index (χ0v) is 7.67. The standard InChI is InChI=1S/C9H8N2O4/c12-9-10-5-8(15-9)6-1-3-7(4-2-6)11(13)14/h1-4,8H,5H2,(H,10,12). The summed E-state index contributed by atoms with van der Waals surface area (Å²) in [5.74, 6) is 0. The topological polar surface area (TPSA) is 81.5 Å². The maximum Gasteiger partial charge on any atom is 0.407 e. The molecular weight excluding hydrogens is 200 g/mol. The van der Waals surface area contributed by atoms with E-state index in [0.29, 0.717) is 6.54 Å². The SMILES string of the molecule is O=C1NCC(c2ccc([N+](=O)[O-])cc2)O1. The molecule has 0 saturated carbocycles. The van der Waals surface area contributed by atoms with Crippen molar-refractivity contribution in [1.82, 2.24) is 5.32 Å². The van der Waals surface area contributed by atoms with Gasteiger partial charge in [0.2, 0.25) is 0 Å². The Morgan fingerprint density at radius 3 is 2.53 bits per heavy atom. The minimum atomic E-state index is -0.470. The molecule has 15 heavy (non-hydrogen) atoms. The van der Waals surface area contributed by atoms with Crippen molar-refractivity contribution < 1.29 is 14.5 Å². The van der Waals surface area contributed by atoms with Gasteiger partial charge in [-0.1, -0.05) is 0 Å². The number of ether oxygens (including phenoxy) is 1. The average Bonchev–Trinajstić information content (AvgIpc) is 2.65. The molecule has 1 fully saturated rings. The summed E-state index contributed by atoms with van der Waals surface area (Å²) in [7, 11) is 0. The number of hydrogen-bond donors (Lipinski definition) is 1. The van der Waals surface area contributed by atoms with Crippen LogP contribution in [0.15, 0.2) is 24.3 Å². The minimum absolute atomic E-state index is 0.0241. The summed E-state index contributed by atoms with van der Waals surface area (Å²) in [5, 5.41) is 12.9. The number of carbonyl (C=O) groups is 1. The van der Waals surface area contributed by atoms with Gasteiger partial charge < -0.3 is 10.1 Å². The molecule has 6 heteroatoms. The molecule has 0 radical (unpaired) electrons. The van der Waals surface area contributed by atoms with E-state index in [-0.39, 0.29) is 11.8 Å². The van der Waals surface area contributed by atoms with Crippen LogP contribution in [0, 0.1) is 10.1 Å². The van der Waals surface area contributed by atoms with E-state index in [9.17, 15) is 14.9 Å². The first-order valence-corrected chi connectivity index (χ1v) is 4.35. The summed E-state index contributed by atoms with van der Waals surface area (Å²) < 4.78 is 4.93. The van der Waals surface area contributed by atoms with E-state index in [1.807, 2.05) is 0 Å². The number of nitrogens with one attached hydrogen (secondary N) is 1. The number of rotatable bonds is 2. The van der Waals surface area contributed by atoms with E-state index in [1.54, 1.807) is 12.1 Å². The molecule has 0 bridgehead atoms. The monoisotopic (exact) mass is 208 g/mol. The number of nitrogens with zero attached hydrogens (tertiary/aromatic N) is 1. The van der Waals surface area contributed by atoms with Crippen LogP contribution < -0.4 is 5.32 Å². The van der Waals surface area contributed by atoms with E-state index in [1.165, 1.54) is 12.1 Å². The fraction of sp³-hybridized carbons (Fsp3) is 0.222. The van der Waals surface area contributed by atoms with Crippen LogP contribution in [0.2, 0.25) is 0 Å². The number of benzene rings is 1. The van der Waals surface area contributed by atoms with Crippen molar-refractivity contribution in [2.24, 2.45) is 0 Å². The number of non-ortho nitro benzene ring substituents is 1. The Kier molecular flexibility index (Phi) is 2.24. The van der Waals surface area contributed by atoms with Gasteiger partial charge in [-0.15, -0.1) is 0 Å². The van der Waals surface area contributed by atoms with Gasteiger partial charge in [0.05, 0.1) is 11.5 Å². The van der Waals surface area contributed by atoms with Gasteiger partial charge in [0.25, 0.3) is 5.69 Å². The Balaban J connectivity index is 2.17. The van der Waals surface area contributed by atoms with Crippen molar-refractivity contribution in [3.63, 3.8) is 0 Å². The van der Waals surface area contributed by atoms with Crippen LogP contribution in [0.5, 0.6) is 0 Å². The number of hydrogen-bond acceptors (Lipinski definition) is 4.